The van der Waals surface area contributed by atoms with Crippen LogP contribution in [0.4, 0.5) is 5.69 Å². The quantitative estimate of drug-likeness (QED) is 0.633. The molecule has 0 spiro atoms. The molecular weight excluding hydrogens is 404 g/mol. The number of nitrogens with one attached hydrogen (secondary N) is 1. The van der Waals surface area contributed by atoms with Gasteiger partial charge in [0.1, 0.15) is 11.5 Å². The molecule has 1 unspecified atom stereocenters. The normalized spacial score (nSPS) is 15.4. The second-order valence-electron chi connectivity index (χ2n) is 7.72. The molecule has 1 aliphatic rings. The van der Waals surface area contributed by atoms with Crippen molar-refractivity contribution in [3.63, 3.8) is 0 Å². The third-order valence-electron chi connectivity index (χ3n) is 5.52. The van der Waals surface area contributed by atoms with E-state index in [-0.39, 0.29) is 11.8 Å². The minimum Gasteiger partial charge on any atom is -0.496 e. The zero-order valence-corrected chi connectivity index (χ0v) is 18.2. The predicted molar refractivity (Wildman–Crippen MR) is 123 cm³/mol. The Kier molecular flexibility index (Phi) is 6.40. The summed E-state index contributed by atoms with van der Waals surface area (Å²) < 4.78 is 11.3. The first-order valence-corrected chi connectivity index (χ1v) is 10.6. The van der Waals surface area contributed by atoms with Crippen molar-refractivity contribution in [1.29, 1.82) is 0 Å². The van der Waals surface area contributed by atoms with Crippen LogP contribution >= 0.6 is 0 Å². The maximum absolute atomic E-state index is 12.9. The Balaban J connectivity index is 1.52. The number of nitrogens with zero attached hydrogens (tertiary/aromatic N) is 1. The van der Waals surface area contributed by atoms with Crippen LogP contribution in [0.25, 0.3) is 0 Å². The van der Waals surface area contributed by atoms with Crippen LogP contribution in [0.3, 0.4) is 0 Å². The average Bonchev–Trinajstić information content (AvgIpc) is 2.94. The monoisotopic (exact) mass is 430 g/mol. The number of hydrogen-bond acceptors (Lipinski definition) is 4. The van der Waals surface area contributed by atoms with Crippen LogP contribution in [0, 0.1) is 0 Å². The van der Waals surface area contributed by atoms with E-state index in [4.69, 9.17) is 9.47 Å². The molecule has 0 fully saturated rings. The van der Waals surface area contributed by atoms with Gasteiger partial charge in [-0.3, -0.25) is 9.59 Å². The van der Waals surface area contributed by atoms with Gasteiger partial charge in [0.2, 0.25) is 0 Å². The largest absolute Gasteiger partial charge is 0.496 e. The Morgan fingerprint density at radius 2 is 1.84 bits per heavy atom. The van der Waals surface area contributed by atoms with Crippen molar-refractivity contribution < 1.29 is 19.1 Å². The SMILES string of the molecule is COc1ccccc1CCN1Cc2cc(NC(=O)c3ccccc3)ccc2OC(C)C1=O. The van der Waals surface area contributed by atoms with Crippen molar-refractivity contribution in [2.24, 2.45) is 0 Å². The summed E-state index contributed by atoms with van der Waals surface area (Å²) in [7, 11) is 1.65. The highest BCUT2D eigenvalue weighted by Gasteiger charge is 2.28. The number of methoxy groups -OCH3 is 1. The zero-order valence-electron chi connectivity index (χ0n) is 18.2. The number of carbonyl (C=O) groups is 2. The van der Waals surface area contributed by atoms with Gasteiger partial charge < -0.3 is 19.7 Å². The zero-order chi connectivity index (χ0) is 22.5. The summed E-state index contributed by atoms with van der Waals surface area (Å²) in [6.45, 7) is 2.70. The number of ether oxygens (including phenoxy) is 2. The van der Waals surface area contributed by atoms with Gasteiger partial charge in [-0.25, -0.2) is 0 Å². The van der Waals surface area contributed by atoms with Crippen LogP contribution in [0.2, 0.25) is 0 Å². The van der Waals surface area contributed by atoms with E-state index in [1.165, 1.54) is 0 Å². The predicted octanol–water partition coefficient (Wildman–Crippen LogP) is 4.30. The molecule has 3 aromatic carbocycles. The molecule has 4 rings (SSSR count). The molecule has 0 saturated carbocycles. The van der Waals surface area contributed by atoms with E-state index in [0.29, 0.717) is 36.5 Å². The molecule has 1 atom stereocenters. The highest BCUT2D eigenvalue weighted by atomic mass is 16.5. The lowest BCUT2D eigenvalue weighted by molar-refractivity contribution is -0.137. The molecule has 6 nitrogen and oxygen atoms in total. The van der Waals surface area contributed by atoms with Crippen molar-refractivity contribution in [3.05, 3.63) is 89.5 Å². The highest BCUT2D eigenvalue weighted by molar-refractivity contribution is 6.04. The number of para-hydroxylation sites is 1. The number of amides is 2. The van der Waals surface area contributed by atoms with Gasteiger partial charge in [-0.2, -0.15) is 0 Å². The topological polar surface area (TPSA) is 67.9 Å². The van der Waals surface area contributed by atoms with Crippen LogP contribution in [0.1, 0.15) is 28.4 Å². The molecule has 0 radical (unpaired) electrons. The molecule has 164 valence electrons. The lowest BCUT2D eigenvalue weighted by atomic mass is 10.1. The Labute approximate surface area is 187 Å². The summed E-state index contributed by atoms with van der Waals surface area (Å²) in [6.07, 6.45) is 0.0843. The van der Waals surface area contributed by atoms with Crippen LogP contribution in [-0.2, 0) is 17.8 Å². The summed E-state index contributed by atoms with van der Waals surface area (Å²) in [4.78, 5) is 27.3. The molecule has 32 heavy (non-hydrogen) atoms. The smallest absolute Gasteiger partial charge is 0.263 e. The Hall–Kier alpha value is -3.80. The first-order chi connectivity index (χ1) is 15.5. The minimum atomic E-state index is -0.585. The minimum absolute atomic E-state index is 0.0639. The molecule has 1 heterocycles. The lowest BCUT2D eigenvalue weighted by Crippen LogP contribution is -2.39. The fourth-order valence-electron chi connectivity index (χ4n) is 3.82. The van der Waals surface area contributed by atoms with Crippen LogP contribution in [0.5, 0.6) is 11.5 Å². The summed E-state index contributed by atoms with van der Waals surface area (Å²) in [5.41, 5.74) is 3.15. The Morgan fingerprint density at radius 3 is 2.62 bits per heavy atom. The van der Waals surface area contributed by atoms with Gasteiger partial charge in [-0.15, -0.1) is 0 Å². The molecule has 0 bridgehead atoms. The molecule has 0 saturated heterocycles. The van der Waals surface area contributed by atoms with Gasteiger partial charge in [0, 0.05) is 29.9 Å². The summed E-state index contributed by atoms with van der Waals surface area (Å²) in [6, 6.07) is 22.3. The lowest BCUT2D eigenvalue weighted by Gasteiger charge is -2.22. The molecule has 3 aromatic rings. The van der Waals surface area contributed by atoms with Crippen molar-refractivity contribution in [3.8, 4) is 11.5 Å². The third-order valence-corrected chi connectivity index (χ3v) is 5.52. The van der Waals surface area contributed by atoms with Crippen LogP contribution in [-0.4, -0.2) is 36.5 Å². The standard InChI is InChI=1S/C26H26N2O4/c1-18-26(30)28(15-14-19-8-6-7-11-23(19)31-2)17-21-16-22(12-13-24(21)32-18)27-25(29)20-9-4-3-5-10-20/h3-13,16,18H,14-15,17H2,1-2H3,(H,27,29). The summed E-state index contributed by atoms with van der Waals surface area (Å²) in [5, 5.41) is 2.92. The number of carbonyl (C=O) groups excluding carboxylic acids is 2. The number of anilines is 1. The molecule has 1 N–H and O–H groups in total. The van der Waals surface area contributed by atoms with Gasteiger partial charge in [-0.1, -0.05) is 36.4 Å². The van der Waals surface area contributed by atoms with Gasteiger partial charge >= 0.3 is 0 Å². The Morgan fingerprint density at radius 1 is 1.09 bits per heavy atom. The van der Waals surface area contributed by atoms with Crippen molar-refractivity contribution in [2.75, 3.05) is 19.0 Å². The van der Waals surface area contributed by atoms with E-state index in [2.05, 4.69) is 5.32 Å². The van der Waals surface area contributed by atoms with Crippen LogP contribution < -0.4 is 14.8 Å². The fourth-order valence-corrected chi connectivity index (χ4v) is 3.82. The average molecular weight is 431 g/mol. The number of benzene rings is 3. The first kappa shape index (κ1) is 21.4. The van der Waals surface area contributed by atoms with Crippen molar-refractivity contribution in [1.82, 2.24) is 4.90 Å². The molecule has 2 amide bonds. The van der Waals surface area contributed by atoms with Crippen molar-refractivity contribution in [2.45, 2.75) is 26.0 Å². The summed E-state index contributed by atoms with van der Waals surface area (Å²) in [5.74, 6) is 1.22. The number of hydrogen-bond donors (Lipinski definition) is 1. The highest BCUT2D eigenvalue weighted by Crippen LogP contribution is 2.29. The molecule has 1 aliphatic heterocycles. The first-order valence-electron chi connectivity index (χ1n) is 10.6. The van der Waals surface area contributed by atoms with E-state index >= 15 is 0 Å². The second-order valence-corrected chi connectivity index (χ2v) is 7.72. The van der Waals surface area contributed by atoms with Gasteiger partial charge in [0.05, 0.1) is 7.11 Å². The maximum atomic E-state index is 12.9. The fraction of sp³-hybridized carbons (Fsp3) is 0.231. The number of rotatable bonds is 6. The summed E-state index contributed by atoms with van der Waals surface area (Å²) >= 11 is 0. The number of fused-ring (bicyclic) bond motifs is 1. The van der Waals surface area contributed by atoms with E-state index in [9.17, 15) is 9.59 Å². The van der Waals surface area contributed by atoms with E-state index in [0.717, 1.165) is 16.9 Å². The molecule has 0 aromatic heterocycles. The van der Waals surface area contributed by atoms with Gasteiger partial charge in [-0.05, 0) is 55.3 Å². The molecule has 6 heteroatoms. The third kappa shape index (κ3) is 4.75. The van der Waals surface area contributed by atoms with Gasteiger partial charge in [0.15, 0.2) is 6.10 Å². The van der Waals surface area contributed by atoms with E-state index < -0.39 is 6.10 Å². The van der Waals surface area contributed by atoms with E-state index in [1.54, 1.807) is 37.1 Å². The maximum Gasteiger partial charge on any atom is 0.263 e. The molecular formula is C26H26N2O4. The second kappa shape index (κ2) is 9.56. The van der Waals surface area contributed by atoms with E-state index in [1.807, 2.05) is 54.6 Å². The Bertz CT molecular complexity index is 1110. The van der Waals surface area contributed by atoms with Crippen LogP contribution in [0.15, 0.2) is 72.8 Å². The van der Waals surface area contributed by atoms with Gasteiger partial charge in [0.25, 0.3) is 11.8 Å². The van der Waals surface area contributed by atoms with Crippen molar-refractivity contribution >= 4 is 17.5 Å². The molecule has 0 aliphatic carbocycles.